The average molecular weight is 279 g/mol. The second-order valence-electron chi connectivity index (χ2n) is 6.17. The Morgan fingerprint density at radius 3 is 2.15 bits per heavy atom. The summed E-state index contributed by atoms with van der Waals surface area (Å²) in [6, 6.07) is 6.77. The van der Waals surface area contributed by atoms with Gasteiger partial charge in [0.1, 0.15) is 5.82 Å². The fraction of sp³-hybridized carbons (Fsp3) is 0.625. The number of halogens is 1. The number of hydrogen-bond acceptors (Lipinski definition) is 3. The van der Waals surface area contributed by atoms with Gasteiger partial charge in [-0.2, -0.15) is 0 Å². The second kappa shape index (κ2) is 6.10. The van der Waals surface area contributed by atoms with Crippen LogP contribution in [0.5, 0.6) is 0 Å². The Bertz CT molecular complexity index is 424. The number of piperazine rings is 1. The lowest BCUT2D eigenvalue weighted by Gasteiger charge is -2.48. The van der Waals surface area contributed by atoms with Crippen molar-refractivity contribution in [1.82, 2.24) is 4.90 Å². The van der Waals surface area contributed by atoms with Gasteiger partial charge in [0.05, 0.1) is 0 Å². The van der Waals surface area contributed by atoms with Gasteiger partial charge in [0.15, 0.2) is 0 Å². The van der Waals surface area contributed by atoms with Crippen LogP contribution >= 0.6 is 0 Å². The van der Waals surface area contributed by atoms with Crippen molar-refractivity contribution in [1.29, 1.82) is 0 Å². The first-order valence-electron chi connectivity index (χ1n) is 7.43. The maximum Gasteiger partial charge on any atom is 0.123 e. The molecule has 0 amide bonds. The average Bonchev–Trinajstić information content (AvgIpc) is 2.47. The third-order valence-corrected chi connectivity index (χ3v) is 4.85. The van der Waals surface area contributed by atoms with Crippen LogP contribution in [0.1, 0.15) is 20.8 Å². The van der Waals surface area contributed by atoms with Gasteiger partial charge in [-0.15, -0.1) is 0 Å². The van der Waals surface area contributed by atoms with Crippen molar-refractivity contribution in [2.24, 2.45) is 11.7 Å². The molecular weight excluding hydrogens is 253 g/mol. The Morgan fingerprint density at radius 1 is 1.15 bits per heavy atom. The molecule has 2 N–H and O–H groups in total. The fourth-order valence-electron chi connectivity index (χ4n) is 2.86. The minimum atomic E-state index is -0.178. The van der Waals surface area contributed by atoms with Crippen molar-refractivity contribution in [2.75, 3.05) is 37.6 Å². The maximum atomic E-state index is 13.0. The van der Waals surface area contributed by atoms with Crippen molar-refractivity contribution < 1.29 is 4.39 Å². The minimum absolute atomic E-state index is 0.0644. The molecule has 1 saturated heterocycles. The Morgan fingerprint density at radius 2 is 1.70 bits per heavy atom. The van der Waals surface area contributed by atoms with Crippen LogP contribution in [0.3, 0.4) is 0 Å². The monoisotopic (exact) mass is 279 g/mol. The van der Waals surface area contributed by atoms with E-state index in [4.69, 9.17) is 5.73 Å². The number of hydrogen-bond donors (Lipinski definition) is 1. The molecule has 4 heteroatoms. The Balaban J connectivity index is 2.00. The molecule has 0 aliphatic carbocycles. The molecule has 1 unspecified atom stereocenters. The predicted octanol–water partition coefficient (Wildman–Crippen LogP) is 2.32. The molecule has 2 rings (SSSR count). The van der Waals surface area contributed by atoms with E-state index in [0.29, 0.717) is 12.5 Å². The highest BCUT2D eigenvalue weighted by molar-refractivity contribution is 5.46. The van der Waals surface area contributed by atoms with E-state index in [1.165, 1.54) is 12.1 Å². The van der Waals surface area contributed by atoms with Crippen LogP contribution in [0.25, 0.3) is 0 Å². The van der Waals surface area contributed by atoms with Crippen LogP contribution < -0.4 is 10.6 Å². The fourth-order valence-corrected chi connectivity index (χ4v) is 2.86. The molecule has 1 atom stereocenters. The Kier molecular flexibility index (Phi) is 4.66. The predicted molar refractivity (Wildman–Crippen MR) is 82.5 cm³/mol. The molecule has 0 bridgehead atoms. The molecule has 3 nitrogen and oxygen atoms in total. The SMILES string of the molecule is CC(C)C(C)(CN)N1CCN(c2ccc(F)cc2)CC1. The zero-order chi connectivity index (χ0) is 14.8. The maximum absolute atomic E-state index is 13.0. The minimum Gasteiger partial charge on any atom is -0.369 e. The molecule has 1 heterocycles. The number of anilines is 1. The molecule has 1 aliphatic heterocycles. The van der Waals surface area contributed by atoms with Gasteiger partial charge in [0.2, 0.25) is 0 Å². The van der Waals surface area contributed by atoms with Crippen LogP contribution in [0.4, 0.5) is 10.1 Å². The van der Waals surface area contributed by atoms with Crippen molar-refractivity contribution in [2.45, 2.75) is 26.3 Å². The van der Waals surface area contributed by atoms with Gasteiger partial charge in [-0.1, -0.05) is 13.8 Å². The van der Waals surface area contributed by atoms with Crippen LogP contribution in [-0.2, 0) is 0 Å². The van der Waals surface area contributed by atoms with Gasteiger partial charge in [-0.25, -0.2) is 4.39 Å². The van der Waals surface area contributed by atoms with E-state index in [0.717, 1.165) is 31.9 Å². The van der Waals surface area contributed by atoms with Gasteiger partial charge in [0.25, 0.3) is 0 Å². The van der Waals surface area contributed by atoms with Crippen molar-refractivity contribution in [3.05, 3.63) is 30.1 Å². The summed E-state index contributed by atoms with van der Waals surface area (Å²) >= 11 is 0. The number of rotatable bonds is 4. The summed E-state index contributed by atoms with van der Waals surface area (Å²) in [5, 5.41) is 0. The summed E-state index contributed by atoms with van der Waals surface area (Å²) in [5.41, 5.74) is 7.17. The van der Waals surface area contributed by atoms with E-state index in [-0.39, 0.29) is 11.4 Å². The van der Waals surface area contributed by atoms with Gasteiger partial charge in [-0.05, 0) is 37.1 Å². The zero-order valence-electron chi connectivity index (χ0n) is 12.8. The first-order chi connectivity index (χ1) is 9.47. The summed E-state index contributed by atoms with van der Waals surface area (Å²) in [6.45, 7) is 11.3. The van der Waals surface area contributed by atoms with Gasteiger partial charge >= 0.3 is 0 Å². The lowest BCUT2D eigenvalue weighted by molar-refractivity contribution is 0.0616. The van der Waals surface area contributed by atoms with E-state index in [1.54, 1.807) is 0 Å². The summed E-state index contributed by atoms with van der Waals surface area (Å²) in [4.78, 5) is 4.81. The highest BCUT2D eigenvalue weighted by atomic mass is 19.1. The number of nitrogens with zero attached hydrogens (tertiary/aromatic N) is 2. The van der Waals surface area contributed by atoms with Crippen LogP contribution in [0.15, 0.2) is 24.3 Å². The Hall–Kier alpha value is -1.13. The highest BCUT2D eigenvalue weighted by Crippen LogP contribution is 2.26. The first-order valence-corrected chi connectivity index (χ1v) is 7.43. The smallest absolute Gasteiger partial charge is 0.123 e. The summed E-state index contributed by atoms with van der Waals surface area (Å²) in [5.74, 6) is 0.354. The zero-order valence-corrected chi connectivity index (χ0v) is 12.8. The highest BCUT2D eigenvalue weighted by Gasteiger charge is 2.35. The summed E-state index contributed by atoms with van der Waals surface area (Å²) in [6.07, 6.45) is 0. The normalized spacial score (nSPS) is 20.2. The third-order valence-electron chi connectivity index (χ3n) is 4.85. The van der Waals surface area contributed by atoms with Crippen LogP contribution in [0.2, 0.25) is 0 Å². The van der Waals surface area contributed by atoms with Gasteiger partial charge < -0.3 is 10.6 Å². The summed E-state index contributed by atoms with van der Waals surface area (Å²) < 4.78 is 13.0. The van der Waals surface area contributed by atoms with Crippen molar-refractivity contribution >= 4 is 5.69 Å². The van der Waals surface area contributed by atoms with Crippen LogP contribution in [-0.4, -0.2) is 43.2 Å². The van der Waals surface area contributed by atoms with E-state index in [1.807, 2.05) is 12.1 Å². The molecule has 1 aromatic carbocycles. The first kappa shape index (κ1) is 15.3. The number of nitrogens with two attached hydrogens (primary N) is 1. The lowest BCUT2D eigenvalue weighted by Crippen LogP contribution is -2.61. The van der Waals surface area contributed by atoms with E-state index in [2.05, 4.69) is 30.6 Å². The van der Waals surface area contributed by atoms with Crippen molar-refractivity contribution in [3.8, 4) is 0 Å². The molecule has 20 heavy (non-hydrogen) atoms. The van der Waals surface area contributed by atoms with Crippen molar-refractivity contribution in [3.63, 3.8) is 0 Å². The lowest BCUT2D eigenvalue weighted by atomic mass is 9.86. The quantitative estimate of drug-likeness (QED) is 0.918. The third kappa shape index (κ3) is 2.96. The molecule has 1 aromatic rings. The molecule has 0 spiro atoms. The largest absolute Gasteiger partial charge is 0.369 e. The van der Waals surface area contributed by atoms with E-state index >= 15 is 0 Å². The number of benzene rings is 1. The van der Waals surface area contributed by atoms with E-state index in [9.17, 15) is 4.39 Å². The van der Waals surface area contributed by atoms with E-state index < -0.39 is 0 Å². The topological polar surface area (TPSA) is 32.5 Å². The molecule has 0 saturated carbocycles. The second-order valence-corrected chi connectivity index (χ2v) is 6.17. The molecular formula is C16H26FN3. The molecule has 1 aliphatic rings. The van der Waals surface area contributed by atoms with Gasteiger partial charge in [-0.3, -0.25) is 4.90 Å². The standard InChI is InChI=1S/C16H26FN3/c1-13(2)16(3,12-18)20-10-8-19(9-11-20)15-6-4-14(17)5-7-15/h4-7,13H,8-12,18H2,1-3H3. The Labute approximate surface area is 121 Å². The molecule has 1 fully saturated rings. The van der Waals surface area contributed by atoms with Gasteiger partial charge in [0, 0.05) is 44.0 Å². The molecule has 112 valence electrons. The molecule has 0 aromatic heterocycles. The van der Waals surface area contributed by atoms with Crippen LogP contribution in [0, 0.1) is 11.7 Å². The molecule has 0 radical (unpaired) electrons. The summed E-state index contributed by atoms with van der Waals surface area (Å²) in [7, 11) is 0.